The van der Waals surface area contributed by atoms with E-state index in [4.69, 9.17) is 4.74 Å². The number of nitrogens with zero attached hydrogens (tertiary/aromatic N) is 2. The maximum absolute atomic E-state index is 13.5. The number of morpholine rings is 1. The number of Topliss-reactive ketones (excluding diaryl/α,β-unsaturated/α-hetero) is 1. The average Bonchev–Trinajstić information content (AvgIpc) is 3.10. The minimum absolute atomic E-state index is 0.166. The number of pyridine rings is 1. The Kier molecular flexibility index (Phi) is 12.6. The number of aromatic nitrogens is 1. The lowest BCUT2D eigenvalue weighted by molar-refractivity contribution is -0.141. The minimum Gasteiger partial charge on any atom is -0.378 e. The zero-order valence-corrected chi connectivity index (χ0v) is 26.9. The van der Waals surface area contributed by atoms with Crippen molar-refractivity contribution in [2.24, 2.45) is 5.92 Å². The van der Waals surface area contributed by atoms with Crippen LogP contribution in [0, 0.1) is 5.92 Å². The molecule has 4 amide bonds. The molecule has 1 fully saturated rings. The summed E-state index contributed by atoms with van der Waals surface area (Å²) in [4.78, 5) is 72.0. The maximum atomic E-state index is 13.5. The topological polar surface area (TPSA) is 159 Å². The summed E-state index contributed by atoms with van der Waals surface area (Å²) in [6.45, 7) is 7.69. The van der Waals surface area contributed by atoms with Gasteiger partial charge in [0.25, 0.3) is 11.8 Å². The van der Waals surface area contributed by atoms with Gasteiger partial charge in [-0.05, 0) is 36.1 Å². The first kappa shape index (κ1) is 34.8. The molecule has 3 aromatic rings. The van der Waals surface area contributed by atoms with Crippen molar-refractivity contribution in [2.75, 3.05) is 31.2 Å². The number of anilines is 1. The van der Waals surface area contributed by atoms with Crippen molar-refractivity contribution >= 4 is 35.2 Å². The van der Waals surface area contributed by atoms with Crippen LogP contribution in [0.4, 0.5) is 5.82 Å². The predicted molar refractivity (Wildman–Crippen MR) is 176 cm³/mol. The second kappa shape index (κ2) is 17.0. The molecule has 0 aliphatic carbocycles. The molecule has 4 rings (SSSR count). The first-order chi connectivity index (χ1) is 22.6. The summed E-state index contributed by atoms with van der Waals surface area (Å²) in [5.74, 6) is -3.00. The van der Waals surface area contributed by atoms with Crippen LogP contribution in [0.5, 0.6) is 0 Å². The number of rotatable bonds is 14. The van der Waals surface area contributed by atoms with E-state index >= 15 is 0 Å². The second-order valence-corrected chi connectivity index (χ2v) is 11.7. The number of ether oxygens (including phenoxy) is 1. The molecule has 1 aromatic heterocycles. The Morgan fingerprint density at radius 3 is 2.02 bits per heavy atom. The van der Waals surface area contributed by atoms with Gasteiger partial charge in [-0.25, -0.2) is 4.98 Å². The molecule has 1 saturated heterocycles. The number of carbonyl (C=O) groups is 5. The van der Waals surface area contributed by atoms with Crippen molar-refractivity contribution in [2.45, 2.75) is 51.9 Å². The zero-order chi connectivity index (χ0) is 33.8. The Morgan fingerprint density at radius 1 is 0.787 bits per heavy atom. The Balaban J connectivity index is 1.38. The van der Waals surface area contributed by atoms with E-state index in [2.05, 4.69) is 31.2 Å². The first-order valence-electron chi connectivity index (χ1n) is 15.7. The number of amides is 4. The normalized spacial score (nSPS) is 14.8. The largest absolute Gasteiger partial charge is 0.378 e. The molecule has 47 heavy (non-hydrogen) atoms. The fourth-order valence-corrected chi connectivity index (χ4v) is 5.00. The standard InChI is InChI=1S/C35H42N6O6/c1-23(2)30(31(42)35(46)37-21-26-12-8-5-9-13-26)40-32(43)24(3)38-34(45)28(20-25-10-6-4-7-11-25)39-33(44)27-14-15-29(36-22-27)41-16-18-47-19-17-41/h4-15,22-24,28,30H,16-21H2,1-3H3,(H,37,46)(H,38,45)(H,39,44)(H,40,43). The van der Waals surface area contributed by atoms with Gasteiger partial charge in [0.2, 0.25) is 17.6 Å². The van der Waals surface area contributed by atoms with Crippen molar-refractivity contribution < 1.29 is 28.7 Å². The summed E-state index contributed by atoms with van der Waals surface area (Å²) in [5, 5.41) is 10.7. The van der Waals surface area contributed by atoms with Crippen LogP contribution < -0.4 is 26.2 Å². The molecule has 3 unspecified atom stereocenters. The molecule has 0 spiro atoms. The third kappa shape index (κ3) is 10.2. The van der Waals surface area contributed by atoms with E-state index in [9.17, 15) is 24.0 Å². The summed E-state index contributed by atoms with van der Waals surface area (Å²) >= 11 is 0. The van der Waals surface area contributed by atoms with Crippen molar-refractivity contribution in [1.82, 2.24) is 26.3 Å². The number of benzene rings is 2. The van der Waals surface area contributed by atoms with E-state index in [-0.39, 0.29) is 18.5 Å². The fourth-order valence-electron chi connectivity index (χ4n) is 5.00. The van der Waals surface area contributed by atoms with E-state index in [0.29, 0.717) is 26.3 Å². The lowest BCUT2D eigenvalue weighted by Crippen LogP contribution is -2.57. The van der Waals surface area contributed by atoms with Crippen LogP contribution in [0.15, 0.2) is 79.0 Å². The molecule has 0 radical (unpaired) electrons. The number of carbonyl (C=O) groups excluding carboxylic acids is 5. The number of hydrogen-bond acceptors (Lipinski definition) is 8. The van der Waals surface area contributed by atoms with Gasteiger partial charge >= 0.3 is 0 Å². The van der Waals surface area contributed by atoms with Crippen molar-refractivity contribution in [3.63, 3.8) is 0 Å². The Morgan fingerprint density at radius 2 is 1.43 bits per heavy atom. The van der Waals surface area contributed by atoms with E-state index in [1.807, 2.05) is 60.7 Å². The van der Waals surface area contributed by atoms with Crippen molar-refractivity contribution in [1.29, 1.82) is 0 Å². The first-order valence-corrected chi connectivity index (χ1v) is 15.7. The molecule has 12 heteroatoms. The monoisotopic (exact) mass is 642 g/mol. The molecule has 12 nitrogen and oxygen atoms in total. The lowest BCUT2D eigenvalue weighted by atomic mass is 9.98. The minimum atomic E-state index is -1.11. The highest BCUT2D eigenvalue weighted by Gasteiger charge is 2.32. The molecule has 1 aliphatic rings. The van der Waals surface area contributed by atoms with Crippen LogP contribution in [0.1, 0.15) is 42.3 Å². The molecule has 4 N–H and O–H groups in total. The van der Waals surface area contributed by atoms with Crippen molar-refractivity contribution in [3.8, 4) is 0 Å². The fraction of sp³-hybridized carbons (Fsp3) is 0.371. The summed E-state index contributed by atoms with van der Waals surface area (Å²) in [5.41, 5.74) is 1.91. The Hall–Kier alpha value is -5.10. The highest BCUT2D eigenvalue weighted by Crippen LogP contribution is 2.14. The molecular formula is C35H42N6O6. The van der Waals surface area contributed by atoms with E-state index in [1.165, 1.54) is 13.1 Å². The van der Waals surface area contributed by atoms with Gasteiger partial charge in [0.1, 0.15) is 17.9 Å². The molecule has 3 atom stereocenters. The summed E-state index contributed by atoms with van der Waals surface area (Å²) in [7, 11) is 0. The maximum Gasteiger partial charge on any atom is 0.289 e. The quantitative estimate of drug-likeness (QED) is 0.194. The van der Waals surface area contributed by atoms with Crippen LogP contribution in [0.3, 0.4) is 0 Å². The molecule has 0 bridgehead atoms. The summed E-state index contributed by atoms with van der Waals surface area (Å²) < 4.78 is 5.38. The van der Waals surface area contributed by atoms with Gasteiger partial charge in [0.05, 0.1) is 24.8 Å². The summed E-state index contributed by atoms with van der Waals surface area (Å²) in [6.07, 6.45) is 1.63. The van der Waals surface area contributed by atoms with Crippen molar-refractivity contribution in [3.05, 3.63) is 95.7 Å². The zero-order valence-electron chi connectivity index (χ0n) is 26.9. The van der Waals surface area contributed by atoms with Crippen LogP contribution in [0.2, 0.25) is 0 Å². The average molecular weight is 643 g/mol. The van der Waals surface area contributed by atoms with Crippen LogP contribution in [-0.4, -0.2) is 78.8 Å². The Bertz CT molecular complexity index is 1510. The van der Waals surface area contributed by atoms with E-state index in [0.717, 1.165) is 16.9 Å². The highest BCUT2D eigenvalue weighted by atomic mass is 16.5. The van der Waals surface area contributed by atoms with Crippen LogP contribution >= 0.6 is 0 Å². The second-order valence-electron chi connectivity index (χ2n) is 11.7. The molecule has 2 heterocycles. The molecule has 0 saturated carbocycles. The predicted octanol–water partition coefficient (Wildman–Crippen LogP) is 1.79. The summed E-state index contributed by atoms with van der Waals surface area (Å²) in [6, 6.07) is 18.5. The van der Waals surface area contributed by atoms with Gasteiger partial charge in [0, 0.05) is 32.3 Å². The van der Waals surface area contributed by atoms with E-state index < -0.39 is 53.5 Å². The number of ketones is 1. The smallest absolute Gasteiger partial charge is 0.289 e. The van der Waals surface area contributed by atoms with Gasteiger partial charge in [-0.2, -0.15) is 0 Å². The van der Waals surface area contributed by atoms with Gasteiger partial charge in [-0.3, -0.25) is 24.0 Å². The Labute approximate surface area is 274 Å². The third-order valence-electron chi connectivity index (χ3n) is 7.77. The van der Waals surface area contributed by atoms with Gasteiger partial charge < -0.3 is 30.9 Å². The SMILES string of the molecule is CC(NC(=O)C(Cc1ccccc1)NC(=O)c1ccc(N2CCOCC2)nc1)C(=O)NC(C(=O)C(=O)NCc1ccccc1)C(C)C. The van der Waals surface area contributed by atoms with Crippen LogP contribution in [-0.2, 0) is 36.9 Å². The highest BCUT2D eigenvalue weighted by molar-refractivity contribution is 6.38. The van der Waals surface area contributed by atoms with Gasteiger partial charge in [-0.1, -0.05) is 74.5 Å². The molecular weight excluding hydrogens is 600 g/mol. The molecule has 248 valence electrons. The van der Waals surface area contributed by atoms with Crippen LogP contribution in [0.25, 0.3) is 0 Å². The number of hydrogen-bond donors (Lipinski definition) is 4. The van der Waals surface area contributed by atoms with Gasteiger partial charge in [0.15, 0.2) is 0 Å². The molecule has 1 aliphatic heterocycles. The lowest BCUT2D eigenvalue weighted by Gasteiger charge is -2.27. The number of nitrogens with one attached hydrogen (secondary N) is 4. The van der Waals surface area contributed by atoms with Gasteiger partial charge in [-0.15, -0.1) is 0 Å². The van der Waals surface area contributed by atoms with E-state index in [1.54, 1.807) is 26.0 Å². The third-order valence-corrected chi connectivity index (χ3v) is 7.77. The molecule has 2 aromatic carbocycles.